The number of hydrogen-bond acceptors (Lipinski definition) is 2. The van der Waals surface area contributed by atoms with Gasteiger partial charge in [-0.2, -0.15) is 0 Å². The van der Waals surface area contributed by atoms with Crippen molar-refractivity contribution in [3.05, 3.63) is 28.8 Å². The van der Waals surface area contributed by atoms with E-state index in [2.05, 4.69) is 0 Å². The van der Waals surface area contributed by atoms with Crippen molar-refractivity contribution in [2.45, 2.75) is 25.3 Å². The molecule has 2 N–H and O–H groups in total. The van der Waals surface area contributed by atoms with Crippen molar-refractivity contribution >= 4 is 11.6 Å². The number of para-hydroxylation sites is 1. The average Bonchev–Trinajstić information content (AvgIpc) is 2.17. The monoisotopic (exact) mass is 249 g/mol. The maximum absolute atomic E-state index is 12.6. The van der Waals surface area contributed by atoms with Crippen LogP contribution in [0.1, 0.15) is 12.5 Å². The van der Waals surface area contributed by atoms with Crippen LogP contribution in [0.25, 0.3) is 0 Å². The third kappa shape index (κ3) is 2.83. The highest BCUT2D eigenvalue weighted by molar-refractivity contribution is 6.32. The molecule has 0 radical (unpaired) electrons. The van der Waals surface area contributed by atoms with Gasteiger partial charge in [0.15, 0.2) is 0 Å². The van der Waals surface area contributed by atoms with Gasteiger partial charge in [0.25, 0.3) is 6.43 Å². The lowest BCUT2D eigenvalue weighted by Crippen LogP contribution is -2.45. The Labute approximate surface area is 98.3 Å². The van der Waals surface area contributed by atoms with Crippen LogP contribution in [0, 0.1) is 0 Å². The summed E-state index contributed by atoms with van der Waals surface area (Å²) in [7, 11) is 1.45. The summed E-state index contributed by atoms with van der Waals surface area (Å²) < 4.78 is 30.3. The second-order valence-corrected chi connectivity index (χ2v) is 4.32. The number of halogens is 3. The zero-order chi connectivity index (χ0) is 12.3. The summed E-state index contributed by atoms with van der Waals surface area (Å²) in [6, 6.07) is 5.00. The first-order valence-electron chi connectivity index (χ1n) is 4.77. The van der Waals surface area contributed by atoms with Crippen LogP contribution in [0.3, 0.4) is 0 Å². The van der Waals surface area contributed by atoms with Gasteiger partial charge in [-0.3, -0.25) is 0 Å². The lowest BCUT2D eigenvalue weighted by Gasteiger charge is -2.24. The smallest absolute Gasteiger partial charge is 0.256 e. The first-order chi connectivity index (χ1) is 7.38. The molecule has 1 rings (SSSR count). The molecule has 1 aromatic rings. The molecule has 0 heterocycles. The minimum atomic E-state index is -2.60. The third-order valence-electron chi connectivity index (χ3n) is 2.32. The Morgan fingerprint density at radius 1 is 1.50 bits per heavy atom. The molecule has 0 amide bonds. The molecule has 0 spiro atoms. The van der Waals surface area contributed by atoms with Crippen LogP contribution in [0.4, 0.5) is 8.78 Å². The lowest BCUT2D eigenvalue weighted by atomic mass is 9.94. The molecule has 0 aliphatic rings. The van der Waals surface area contributed by atoms with Crippen molar-refractivity contribution in [1.29, 1.82) is 0 Å². The number of alkyl halides is 2. The van der Waals surface area contributed by atoms with E-state index in [1.807, 2.05) is 0 Å². The highest BCUT2D eigenvalue weighted by Crippen LogP contribution is 2.31. The average molecular weight is 250 g/mol. The van der Waals surface area contributed by atoms with Crippen LogP contribution in [0.15, 0.2) is 18.2 Å². The van der Waals surface area contributed by atoms with Crippen LogP contribution < -0.4 is 10.5 Å². The summed E-state index contributed by atoms with van der Waals surface area (Å²) in [6.07, 6.45) is -2.59. The summed E-state index contributed by atoms with van der Waals surface area (Å²) in [5, 5.41) is 0.394. The normalized spacial score (nSPS) is 14.9. The summed E-state index contributed by atoms with van der Waals surface area (Å²) in [4.78, 5) is 0. The Kier molecular flexibility index (Phi) is 4.10. The predicted molar refractivity (Wildman–Crippen MR) is 60.3 cm³/mol. The Balaban J connectivity index is 3.02. The minimum absolute atomic E-state index is 0.00833. The molecule has 0 saturated heterocycles. The van der Waals surface area contributed by atoms with Crippen LogP contribution in [-0.4, -0.2) is 19.1 Å². The molecule has 0 aliphatic carbocycles. The fourth-order valence-electron chi connectivity index (χ4n) is 1.41. The Morgan fingerprint density at radius 2 is 2.12 bits per heavy atom. The second-order valence-electron chi connectivity index (χ2n) is 3.92. The summed E-state index contributed by atoms with van der Waals surface area (Å²) in [5.74, 6) is 0.404. The van der Waals surface area contributed by atoms with Gasteiger partial charge in [-0.1, -0.05) is 23.7 Å². The summed E-state index contributed by atoms with van der Waals surface area (Å²) in [6.45, 7) is 1.30. The first kappa shape index (κ1) is 13.2. The second kappa shape index (κ2) is 4.97. The van der Waals surface area contributed by atoms with Crippen LogP contribution in [0.5, 0.6) is 5.75 Å². The summed E-state index contributed by atoms with van der Waals surface area (Å²) in [5.41, 5.74) is 4.51. The number of hydrogen-bond donors (Lipinski definition) is 1. The fraction of sp³-hybridized carbons (Fsp3) is 0.455. The molecule has 0 bridgehead atoms. The number of benzene rings is 1. The molecule has 0 fully saturated rings. The van der Waals surface area contributed by atoms with Gasteiger partial charge < -0.3 is 10.5 Å². The van der Waals surface area contributed by atoms with Crippen molar-refractivity contribution in [3.8, 4) is 5.75 Å². The van der Waals surface area contributed by atoms with Crippen molar-refractivity contribution in [1.82, 2.24) is 0 Å². The van der Waals surface area contributed by atoms with E-state index in [1.165, 1.54) is 14.0 Å². The molecule has 1 unspecified atom stereocenters. The van der Waals surface area contributed by atoms with Crippen molar-refractivity contribution in [3.63, 3.8) is 0 Å². The number of nitrogens with two attached hydrogens (primary N) is 1. The van der Waals surface area contributed by atoms with Gasteiger partial charge in [0, 0.05) is 0 Å². The molecule has 1 aromatic carbocycles. The fourth-order valence-corrected chi connectivity index (χ4v) is 1.68. The molecule has 0 aromatic heterocycles. The van der Waals surface area contributed by atoms with Gasteiger partial charge in [0.1, 0.15) is 5.75 Å². The SMILES string of the molecule is COc1c(Cl)cccc1CC(C)(N)C(F)F. The van der Waals surface area contributed by atoms with Crippen LogP contribution >= 0.6 is 11.6 Å². The zero-order valence-corrected chi connectivity index (χ0v) is 9.89. The molecular weight excluding hydrogens is 236 g/mol. The molecule has 0 saturated carbocycles. The van der Waals surface area contributed by atoms with Gasteiger partial charge in [0.05, 0.1) is 17.7 Å². The van der Waals surface area contributed by atoms with Gasteiger partial charge in [0.2, 0.25) is 0 Å². The van der Waals surface area contributed by atoms with Gasteiger partial charge >= 0.3 is 0 Å². The standard InChI is InChI=1S/C11H14ClF2NO/c1-11(15,10(13)14)6-7-4-3-5-8(12)9(7)16-2/h3-5,10H,6,15H2,1-2H3. The van der Waals surface area contributed by atoms with Crippen molar-refractivity contribution < 1.29 is 13.5 Å². The van der Waals surface area contributed by atoms with Gasteiger partial charge in [-0.05, 0) is 25.0 Å². The van der Waals surface area contributed by atoms with E-state index < -0.39 is 12.0 Å². The van der Waals surface area contributed by atoms with E-state index in [-0.39, 0.29) is 6.42 Å². The Bertz CT molecular complexity index is 369. The number of methoxy groups -OCH3 is 1. The maximum Gasteiger partial charge on any atom is 0.256 e. The largest absolute Gasteiger partial charge is 0.495 e. The van der Waals surface area contributed by atoms with E-state index in [4.69, 9.17) is 22.1 Å². The number of ether oxygens (including phenoxy) is 1. The lowest BCUT2D eigenvalue weighted by molar-refractivity contribution is 0.0636. The van der Waals surface area contributed by atoms with E-state index >= 15 is 0 Å². The third-order valence-corrected chi connectivity index (χ3v) is 2.62. The Hall–Kier alpha value is -0.870. The highest BCUT2D eigenvalue weighted by Gasteiger charge is 2.31. The van der Waals surface area contributed by atoms with E-state index in [9.17, 15) is 8.78 Å². The summed E-state index contributed by atoms with van der Waals surface area (Å²) >= 11 is 5.88. The van der Waals surface area contributed by atoms with Crippen LogP contribution in [0.2, 0.25) is 5.02 Å². The number of rotatable bonds is 4. The molecule has 5 heteroatoms. The molecule has 16 heavy (non-hydrogen) atoms. The predicted octanol–water partition coefficient (Wildman–Crippen LogP) is 2.87. The maximum atomic E-state index is 12.6. The molecule has 2 nitrogen and oxygen atoms in total. The molecule has 90 valence electrons. The Morgan fingerprint density at radius 3 is 2.62 bits per heavy atom. The van der Waals surface area contributed by atoms with E-state index in [1.54, 1.807) is 18.2 Å². The van der Waals surface area contributed by atoms with E-state index in [0.29, 0.717) is 16.3 Å². The quantitative estimate of drug-likeness (QED) is 0.891. The van der Waals surface area contributed by atoms with E-state index in [0.717, 1.165) is 0 Å². The first-order valence-corrected chi connectivity index (χ1v) is 5.14. The van der Waals surface area contributed by atoms with Crippen molar-refractivity contribution in [2.24, 2.45) is 5.73 Å². The van der Waals surface area contributed by atoms with Gasteiger partial charge in [-0.15, -0.1) is 0 Å². The topological polar surface area (TPSA) is 35.2 Å². The van der Waals surface area contributed by atoms with Crippen LogP contribution in [-0.2, 0) is 6.42 Å². The van der Waals surface area contributed by atoms with Crippen molar-refractivity contribution in [2.75, 3.05) is 7.11 Å². The minimum Gasteiger partial charge on any atom is -0.495 e. The highest BCUT2D eigenvalue weighted by atomic mass is 35.5. The van der Waals surface area contributed by atoms with Gasteiger partial charge in [-0.25, -0.2) is 8.78 Å². The molecule has 0 aliphatic heterocycles. The molecular formula is C11H14ClF2NO. The zero-order valence-electron chi connectivity index (χ0n) is 9.14. The molecule has 1 atom stereocenters.